The van der Waals surface area contributed by atoms with Crippen LogP contribution in [0.4, 0.5) is 18.0 Å². The average molecular weight is 284 g/mol. The average Bonchev–Trinajstić information content (AvgIpc) is 2.70. The van der Waals surface area contributed by atoms with Crippen molar-refractivity contribution in [1.29, 1.82) is 0 Å². The van der Waals surface area contributed by atoms with Gasteiger partial charge in [0.15, 0.2) is 0 Å². The molecule has 0 aromatic heterocycles. The Balaban J connectivity index is 2.70. The number of amides is 2. The molecule has 0 aliphatic carbocycles. The molecule has 1 aliphatic heterocycles. The van der Waals surface area contributed by atoms with Gasteiger partial charge in [0.05, 0.1) is 13.1 Å². The van der Waals surface area contributed by atoms with E-state index >= 15 is 0 Å². The van der Waals surface area contributed by atoms with E-state index in [1.165, 1.54) is 0 Å². The van der Waals surface area contributed by atoms with E-state index in [4.69, 9.17) is 5.11 Å². The third-order valence-electron chi connectivity index (χ3n) is 2.65. The van der Waals surface area contributed by atoms with Gasteiger partial charge in [-0.05, 0) is 6.92 Å². The number of hydrogen-bond donors (Lipinski definition) is 2. The van der Waals surface area contributed by atoms with Gasteiger partial charge in [-0.3, -0.25) is 10.1 Å². The largest absolute Gasteiger partial charge is 0.480 e. The van der Waals surface area contributed by atoms with Gasteiger partial charge in [0.2, 0.25) is 11.4 Å². The highest BCUT2D eigenvalue weighted by Gasteiger charge is 2.57. The number of nitrogens with one attached hydrogen (secondary N) is 1. The molecule has 19 heavy (non-hydrogen) atoms. The molecule has 0 saturated carbocycles. The van der Waals surface area contributed by atoms with Crippen molar-refractivity contribution in [3.63, 3.8) is 0 Å². The topological polar surface area (TPSA) is 95.9 Å². The number of halogens is 3. The second-order valence-electron chi connectivity index (χ2n) is 3.94. The molecule has 2 N–H and O–H groups in total. The maximum atomic E-state index is 12.6. The quantitative estimate of drug-likeness (QED) is 0.752. The lowest BCUT2D eigenvalue weighted by atomic mass is 10.0. The number of nitrogens with zero attached hydrogens (tertiary/aromatic N) is 1. The Labute approximate surface area is 105 Å². The summed E-state index contributed by atoms with van der Waals surface area (Å²) in [6.45, 7) is -0.669. The highest BCUT2D eigenvalue weighted by atomic mass is 19.4. The van der Waals surface area contributed by atoms with Gasteiger partial charge < -0.3 is 9.84 Å². The number of aliphatic carboxylic acids is 1. The Hall–Kier alpha value is -1.84. The van der Waals surface area contributed by atoms with Gasteiger partial charge in [-0.15, -0.1) is 0 Å². The summed E-state index contributed by atoms with van der Waals surface area (Å²) in [5.41, 5.74) is -3.27. The number of carboxylic acids is 1. The first-order chi connectivity index (χ1) is 8.59. The third-order valence-corrected chi connectivity index (χ3v) is 2.65. The fraction of sp³-hybridized carbons (Fsp3) is 0.667. The van der Waals surface area contributed by atoms with Crippen molar-refractivity contribution in [2.24, 2.45) is 0 Å². The van der Waals surface area contributed by atoms with Crippen LogP contribution in [0.2, 0.25) is 0 Å². The number of rotatable bonds is 4. The lowest BCUT2D eigenvalue weighted by molar-refractivity contribution is -0.205. The molecule has 1 unspecified atom stereocenters. The zero-order chi connectivity index (χ0) is 14.8. The third kappa shape index (κ3) is 2.95. The van der Waals surface area contributed by atoms with Crippen molar-refractivity contribution in [2.75, 3.05) is 19.7 Å². The molecule has 0 bridgehead atoms. The molecular weight excluding hydrogens is 273 g/mol. The Kier molecular flexibility index (Phi) is 4.03. The molecule has 1 saturated heterocycles. The number of carbonyl (C=O) groups is 3. The predicted octanol–water partition coefficient (Wildman–Crippen LogP) is -0.0396. The number of carbonyl (C=O) groups excluding carboxylic acids is 2. The van der Waals surface area contributed by atoms with E-state index in [9.17, 15) is 27.6 Å². The van der Waals surface area contributed by atoms with Crippen LogP contribution in [0.15, 0.2) is 0 Å². The normalized spacial score (nSPS) is 18.9. The summed E-state index contributed by atoms with van der Waals surface area (Å²) in [7, 11) is 0. The molecule has 2 amide bonds. The van der Waals surface area contributed by atoms with Crippen LogP contribution in [0.3, 0.4) is 0 Å². The highest BCUT2D eigenvalue weighted by molar-refractivity contribution is 5.94. The first kappa shape index (κ1) is 15.2. The van der Waals surface area contributed by atoms with Gasteiger partial charge in [-0.2, -0.15) is 13.2 Å². The van der Waals surface area contributed by atoms with Gasteiger partial charge in [0.1, 0.15) is 6.61 Å². The number of ether oxygens (including phenoxy) is 1. The van der Waals surface area contributed by atoms with Crippen LogP contribution in [0.25, 0.3) is 0 Å². The fourth-order valence-electron chi connectivity index (χ4n) is 1.26. The summed E-state index contributed by atoms with van der Waals surface area (Å²) >= 11 is 0. The van der Waals surface area contributed by atoms with Crippen LogP contribution in [-0.4, -0.2) is 59.4 Å². The van der Waals surface area contributed by atoms with E-state index in [1.807, 2.05) is 0 Å². The second-order valence-corrected chi connectivity index (χ2v) is 3.94. The fourth-order valence-corrected chi connectivity index (χ4v) is 1.26. The number of carboxylic acid groups (broad SMARTS) is 1. The predicted molar refractivity (Wildman–Crippen MR) is 53.2 cm³/mol. The van der Waals surface area contributed by atoms with Crippen molar-refractivity contribution in [2.45, 2.75) is 18.6 Å². The van der Waals surface area contributed by atoms with Crippen molar-refractivity contribution in [3.05, 3.63) is 0 Å². The van der Waals surface area contributed by atoms with Crippen LogP contribution in [0.1, 0.15) is 6.92 Å². The first-order valence-electron chi connectivity index (χ1n) is 5.12. The van der Waals surface area contributed by atoms with Gasteiger partial charge in [-0.25, -0.2) is 14.5 Å². The molecule has 108 valence electrons. The van der Waals surface area contributed by atoms with Crippen molar-refractivity contribution < 1.29 is 37.4 Å². The SMILES string of the molecule is CC(NCC(=O)N1CCOC1=O)(C(=O)O)C(F)(F)F. The Morgan fingerprint density at radius 3 is 2.42 bits per heavy atom. The molecule has 0 radical (unpaired) electrons. The first-order valence-corrected chi connectivity index (χ1v) is 5.12. The minimum absolute atomic E-state index is 0.0416. The lowest BCUT2D eigenvalue weighted by Gasteiger charge is -2.28. The van der Waals surface area contributed by atoms with E-state index in [1.54, 1.807) is 5.32 Å². The zero-order valence-electron chi connectivity index (χ0n) is 9.78. The minimum atomic E-state index is -5.09. The Morgan fingerprint density at radius 1 is 1.47 bits per heavy atom. The Morgan fingerprint density at radius 2 is 2.05 bits per heavy atom. The van der Waals surface area contributed by atoms with E-state index in [-0.39, 0.29) is 13.2 Å². The molecule has 1 aliphatic rings. The summed E-state index contributed by atoms with van der Waals surface area (Å²) in [5.74, 6) is -3.16. The summed E-state index contributed by atoms with van der Waals surface area (Å²) in [5, 5.41) is 10.2. The number of cyclic esters (lactones) is 1. The summed E-state index contributed by atoms with van der Waals surface area (Å²) in [6.07, 6.45) is -6.05. The van der Waals surface area contributed by atoms with E-state index in [0.29, 0.717) is 11.8 Å². The maximum absolute atomic E-state index is 12.6. The number of alkyl halides is 3. The highest BCUT2D eigenvalue weighted by Crippen LogP contribution is 2.30. The molecule has 1 atom stereocenters. The summed E-state index contributed by atoms with van der Waals surface area (Å²) < 4.78 is 42.2. The van der Waals surface area contributed by atoms with E-state index in [0.717, 1.165) is 0 Å². The lowest BCUT2D eigenvalue weighted by Crippen LogP contribution is -2.62. The monoisotopic (exact) mass is 284 g/mol. The number of imide groups is 1. The molecule has 1 fully saturated rings. The van der Waals surface area contributed by atoms with Crippen LogP contribution in [0.5, 0.6) is 0 Å². The molecule has 0 aromatic carbocycles. The van der Waals surface area contributed by atoms with Gasteiger partial charge in [0, 0.05) is 0 Å². The van der Waals surface area contributed by atoms with Crippen molar-refractivity contribution in [1.82, 2.24) is 10.2 Å². The van der Waals surface area contributed by atoms with E-state index < -0.39 is 36.2 Å². The van der Waals surface area contributed by atoms with Crippen LogP contribution in [-0.2, 0) is 14.3 Å². The maximum Gasteiger partial charge on any atom is 0.417 e. The Bertz CT molecular complexity index is 411. The molecular formula is C9H11F3N2O5. The van der Waals surface area contributed by atoms with Crippen molar-refractivity contribution in [3.8, 4) is 0 Å². The summed E-state index contributed by atoms with van der Waals surface area (Å²) in [4.78, 5) is 33.7. The molecule has 1 heterocycles. The molecule has 7 nitrogen and oxygen atoms in total. The smallest absolute Gasteiger partial charge is 0.417 e. The van der Waals surface area contributed by atoms with Gasteiger partial charge in [0.25, 0.3) is 0 Å². The molecule has 1 rings (SSSR count). The van der Waals surface area contributed by atoms with E-state index in [2.05, 4.69) is 4.74 Å². The molecule has 0 aromatic rings. The zero-order valence-corrected chi connectivity index (χ0v) is 9.78. The van der Waals surface area contributed by atoms with Gasteiger partial charge in [-0.1, -0.05) is 0 Å². The number of hydrogen-bond acceptors (Lipinski definition) is 5. The molecule has 10 heteroatoms. The molecule has 0 spiro atoms. The second kappa shape index (κ2) is 5.03. The van der Waals surface area contributed by atoms with Crippen LogP contribution >= 0.6 is 0 Å². The standard InChI is InChI=1S/C9H11F3N2O5/c1-8(6(16)17,9(10,11)12)13-4-5(15)14-2-3-19-7(14)18/h13H,2-4H2,1H3,(H,16,17). The van der Waals surface area contributed by atoms with Crippen molar-refractivity contribution >= 4 is 18.0 Å². The van der Waals surface area contributed by atoms with Crippen LogP contribution in [0, 0.1) is 0 Å². The minimum Gasteiger partial charge on any atom is -0.480 e. The summed E-state index contributed by atoms with van der Waals surface area (Å²) in [6, 6.07) is 0. The van der Waals surface area contributed by atoms with Gasteiger partial charge >= 0.3 is 18.2 Å². The van der Waals surface area contributed by atoms with Crippen LogP contribution < -0.4 is 5.32 Å².